The van der Waals surface area contributed by atoms with Gasteiger partial charge >= 0.3 is 0 Å². The van der Waals surface area contributed by atoms with Crippen LogP contribution in [0.1, 0.15) is 38.3 Å². The van der Waals surface area contributed by atoms with E-state index in [0.29, 0.717) is 5.56 Å². The molecule has 174 valence electrons. The van der Waals surface area contributed by atoms with Crippen LogP contribution in [-0.2, 0) is 0 Å². The maximum atomic E-state index is 13.6. The highest BCUT2D eigenvalue weighted by Crippen LogP contribution is 2.30. The topological polar surface area (TPSA) is 59.8 Å². The number of hydrogen-bond acceptors (Lipinski definition) is 3. The van der Waals surface area contributed by atoms with Gasteiger partial charge in [-0.2, -0.15) is 5.10 Å². The zero-order valence-electron chi connectivity index (χ0n) is 20.7. The van der Waals surface area contributed by atoms with Gasteiger partial charge in [0.25, 0.3) is 5.91 Å². The first-order chi connectivity index (χ1) is 16.8. The van der Waals surface area contributed by atoms with Crippen molar-refractivity contribution in [3.05, 3.63) is 106 Å². The van der Waals surface area contributed by atoms with Gasteiger partial charge in [-0.15, -0.1) is 0 Å². The summed E-state index contributed by atoms with van der Waals surface area (Å²) in [5, 5.41) is 8.58. The first-order valence-electron chi connectivity index (χ1n) is 11.7. The second kappa shape index (κ2) is 8.84. The molecule has 0 atom stereocenters. The zero-order chi connectivity index (χ0) is 24.7. The van der Waals surface area contributed by atoms with E-state index in [1.54, 1.807) is 0 Å². The number of fused-ring (bicyclic) bond motifs is 1. The van der Waals surface area contributed by atoms with Crippen LogP contribution in [0.15, 0.2) is 72.9 Å². The average Bonchev–Trinajstić information content (AvgIpc) is 3.23. The minimum absolute atomic E-state index is 0.151. The Morgan fingerprint density at radius 1 is 0.857 bits per heavy atom. The molecule has 0 saturated carbocycles. The average molecular weight is 461 g/mol. The summed E-state index contributed by atoms with van der Waals surface area (Å²) in [6, 6.07) is 22.1. The maximum absolute atomic E-state index is 13.6. The van der Waals surface area contributed by atoms with Crippen molar-refractivity contribution in [2.75, 3.05) is 5.32 Å². The molecule has 0 aliphatic rings. The fourth-order valence-electron chi connectivity index (χ4n) is 4.35. The fourth-order valence-corrected chi connectivity index (χ4v) is 4.35. The third-order valence-corrected chi connectivity index (χ3v) is 6.63. The number of rotatable bonds is 4. The third kappa shape index (κ3) is 4.21. The lowest BCUT2D eigenvalue weighted by Crippen LogP contribution is -2.14. The third-order valence-electron chi connectivity index (χ3n) is 6.63. The molecule has 5 aromatic rings. The van der Waals surface area contributed by atoms with Crippen molar-refractivity contribution in [3.8, 4) is 16.9 Å². The number of nitrogens with zero attached hydrogens (tertiary/aromatic N) is 3. The number of carbonyl (C=O) groups excluding carboxylic acids is 1. The molecule has 1 N–H and O–H groups in total. The van der Waals surface area contributed by atoms with Crippen molar-refractivity contribution in [3.63, 3.8) is 0 Å². The van der Waals surface area contributed by atoms with Gasteiger partial charge in [-0.1, -0.05) is 41.5 Å². The normalized spacial score (nSPS) is 11.1. The molecule has 2 heterocycles. The molecule has 0 fully saturated rings. The summed E-state index contributed by atoms with van der Waals surface area (Å²) in [6.07, 6.45) is 1.82. The van der Waals surface area contributed by atoms with E-state index in [1.165, 1.54) is 5.56 Å². The SMILES string of the molecule is Cc1ccc(-n2ncc(-c3cc(C(=O)Nc4cccc(C)c4C)c4cc(C)ccc4n3)c2C)cc1. The number of benzene rings is 3. The Hall–Kier alpha value is -4.25. The molecule has 2 aromatic heterocycles. The van der Waals surface area contributed by atoms with Gasteiger partial charge in [-0.3, -0.25) is 4.79 Å². The largest absolute Gasteiger partial charge is 0.322 e. The first kappa shape index (κ1) is 22.5. The Morgan fingerprint density at radius 3 is 2.37 bits per heavy atom. The summed E-state index contributed by atoms with van der Waals surface area (Å²) in [4.78, 5) is 18.5. The molecule has 0 aliphatic carbocycles. The number of carbonyl (C=O) groups is 1. The lowest BCUT2D eigenvalue weighted by Gasteiger charge is -2.13. The summed E-state index contributed by atoms with van der Waals surface area (Å²) in [5.41, 5.74) is 10.2. The van der Waals surface area contributed by atoms with Crippen molar-refractivity contribution in [2.45, 2.75) is 34.6 Å². The van der Waals surface area contributed by atoms with Crippen LogP contribution in [0.4, 0.5) is 5.69 Å². The van der Waals surface area contributed by atoms with E-state index < -0.39 is 0 Å². The zero-order valence-corrected chi connectivity index (χ0v) is 20.7. The van der Waals surface area contributed by atoms with Gasteiger partial charge in [0.2, 0.25) is 0 Å². The molecule has 1 amide bonds. The highest BCUT2D eigenvalue weighted by atomic mass is 16.1. The van der Waals surface area contributed by atoms with Crippen molar-refractivity contribution >= 4 is 22.5 Å². The Kier molecular flexibility index (Phi) is 5.69. The van der Waals surface area contributed by atoms with Crippen LogP contribution in [0.3, 0.4) is 0 Å². The van der Waals surface area contributed by atoms with Crippen molar-refractivity contribution in [2.24, 2.45) is 0 Å². The number of pyridine rings is 1. The molecule has 5 rings (SSSR count). The molecule has 3 aromatic carbocycles. The molecular formula is C30H28N4O. The van der Waals surface area contributed by atoms with E-state index >= 15 is 0 Å². The quantitative estimate of drug-likeness (QED) is 0.318. The lowest BCUT2D eigenvalue weighted by molar-refractivity contribution is 0.102. The standard InChI is InChI=1S/C30H28N4O/c1-18-9-12-23(13-10-18)34-22(5)26(17-31-34)29-16-25(24-15-19(2)11-14-28(24)32-29)30(35)33-27-8-6-7-20(3)21(27)4/h6-17H,1-5H3,(H,33,35). The molecule has 0 spiro atoms. The minimum Gasteiger partial charge on any atom is -0.322 e. The highest BCUT2D eigenvalue weighted by molar-refractivity contribution is 6.13. The van der Waals surface area contributed by atoms with Crippen LogP contribution < -0.4 is 5.32 Å². The summed E-state index contributed by atoms with van der Waals surface area (Å²) < 4.78 is 1.91. The van der Waals surface area contributed by atoms with E-state index in [2.05, 4.69) is 41.6 Å². The number of anilines is 1. The van der Waals surface area contributed by atoms with E-state index in [-0.39, 0.29) is 5.91 Å². The van der Waals surface area contributed by atoms with Crippen LogP contribution in [0, 0.1) is 34.6 Å². The molecular weight excluding hydrogens is 432 g/mol. The van der Waals surface area contributed by atoms with Gasteiger partial charge in [-0.05, 0) is 82.1 Å². The predicted molar refractivity (Wildman–Crippen MR) is 142 cm³/mol. The van der Waals surface area contributed by atoms with Crippen molar-refractivity contribution < 1.29 is 4.79 Å². The number of amides is 1. The van der Waals surface area contributed by atoms with Gasteiger partial charge in [0, 0.05) is 16.6 Å². The first-order valence-corrected chi connectivity index (χ1v) is 11.7. The van der Waals surface area contributed by atoms with Crippen LogP contribution in [0.5, 0.6) is 0 Å². The smallest absolute Gasteiger partial charge is 0.256 e. The second-order valence-corrected chi connectivity index (χ2v) is 9.17. The summed E-state index contributed by atoms with van der Waals surface area (Å²) in [5.74, 6) is -0.151. The Morgan fingerprint density at radius 2 is 1.60 bits per heavy atom. The molecule has 0 radical (unpaired) electrons. The number of nitrogens with one attached hydrogen (secondary N) is 1. The summed E-state index contributed by atoms with van der Waals surface area (Å²) in [7, 11) is 0. The Balaban J connectivity index is 1.62. The van der Waals surface area contributed by atoms with Crippen LogP contribution in [-0.4, -0.2) is 20.7 Å². The van der Waals surface area contributed by atoms with E-state index in [9.17, 15) is 4.79 Å². The lowest BCUT2D eigenvalue weighted by atomic mass is 10.0. The van der Waals surface area contributed by atoms with Crippen molar-refractivity contribution in [1.29, 1.82) is 0 Å². The van der Waals surface area contributed by atoms with Gasteiger partial charge in [0.15, 0.2) is 0 Å². The molecule has 5 nitrogen and oxygen atoms in total. The number of aryl methyl sites for hydroxylation is 3. The second-order valence-electron chi connectivity index (χ2n) is 9.17. The monoisotopic (exact) mass is 460 g/mol. The summed E-state index contributed by atoms with van der Waals surface area (Å²) >= 11 is 0. The molecule has 5 heteroatoms. The van der Waals surface area contributed by atoms with E-state index in [4.69, 9.17) is 4.98 Å². The summed E-state index contributed by atoms with van der Waals surface area (Å²) in [6.45, 7) is 10.2. The van der Waals surface area contributed by atoms with Crippen LogP contribution >= 0.6 is 0 Å². The molecule has 0 unspecified atom stereocenters. The van der Waals surface area contributed by atoms with Crippen LogP contribution in [0.25, 0.3) is 27.8 Å². The Bertz CT molecular complexity index is 1580. The van der Waals surface area contributed by atoms with Gasteiger partial charge in [-0.25, -0.2) is 9.67 Å². The highest BCUT2D eigenvalue weighted by Gasteiger charge is 2.18. The molecule has 0 bridgehead atoms. The molecule has 35 heavy (non-hydrogen) atoms. The van der Waals surface area contributed by atoms with Gasteiger partial charge < -0.3 is 5.32 Å². The van der Waals surface area contributed by atoms with Gasteiger partial charge in [0.05, 0.1) is 34.4 Å². The maximum Gasteiger partial charge on any atom is 0.256 e. The number of aromatic nitrogens is 3. The van der Waals surface area contributed by atoms with Crippen LogP contribution in [0.2, 0.25) is 0 Å². The molecule has 0 aliphatic heterocycles. The van der Waals surface area contributed by atoms with Gasteiger partial charge in [0.1, 0.15) is 0 Å². The predicted octanol–water partition coefficient (Wildman–Crippen LogP) is 6.88. The van der Waals surface area contributed by atoms with E-state index in [0.717, 1.165) is 55.9 Å². The van der Waals surface area contributed by atoms with Crippen molar-refractivity contribution in [1.82, 2.24) is 14.8 Å². The Labute approximate surface area is 205 Å². The minimum atomic E-state index is -0.151. The fraction of sp³-hybridized carbons (Fsp3) is 0.167. The van der Waals surface area contributed by atoms with E-state index in [1.807, 2.05) is 81.0 Å². The molecule has 0 saturated heterocycles. The number of hydrogen-bond donors (Lipinski definition) is 1.